The van der Waals surface area contributed by atoms with E-state index in [9.17, 15) is 19.8 Å². The number of rotatable bonds is 72. The second-order valence-electron chi connectivity index (χ2n) is 26.3. The van der Waals surface area contributed by atoms with Crippen LogP contribution in [0.4, 0.5) is 0 Å². The topological polar surface area (TPSA) is 95.9 Å². The number of unbranched alkanes of at least 4 members (excludes halogenated alkanes) is 57. The molecule has 0 heterocycles. The van der Waals surface area contributed by atoms with Crippen LogP contribution in [0.15, 0.2) is 24.3 Å². The molecule has 0 saturated heterocycles. The van der Waals surface area contributed by atoms with Crippen LogP contribution in [0.5, 0.6) is 0 Å². The van der Waals surface area contributed by atoms with E-state index in [1.54, 1.807) is 0 Å². The Morgan fingerprint density at radius 3 is 0.892 bits per heavy atom. The van der Waals surface area contributed by atoms with Gasteiger partial charge in [0.05, 0.1) is 25.4 Å². The number of hydrogen-bond acceptors (Lipinski definition) is 5. The van der Waals surface area contributed by atoms with Crippen LogP contribution in [0, 0.1) is 0 Å². The van der Waals surface area contributed by atoms with Crippen molar-refractivity contribution >= 4 is 11.9 Å². The van der Waals surface area contributed by atoms with Gasteiger partial charge in [0.25, 0.3) is 0 Å². The highest BCUT2D eigenvalue weighted by atomic mass is 16.5. The van der Waals surface area contributed by atoms with Gasteiger partial charge in [0.1, 0.15) is 0 Å². The Hall–Kier alpha value is -1.66. The number of aliphatic hydroxyl groups is 2. The second-order valence-corrected chi connectivity index (χ2v) is 26.3. The fourth-order valence-corrected chi connectivity index (χ4v) is 12.2. The maximum absolute atomic E-state index is 12.6. The largest absolute Gasteiger partial charge is 0.466 e. The number of amides is 1. The van der Waals surface area contributed by atoms with Gasteiger partial charge in [-0.1, -0.05) is 372 Å². The first-order valence-electron chi connectivity index (χ1n) is 38.1. The molecule has 1 amide bonds. The molecule has 0 aliphatic carbocycles. The highest BCUT2D eigenvalue weighted by molar-refractivity contribution is 5.76. The summed E-state index contributed by atoms with van der Waals surface area (Å²) >= 11 is 0. The molecule has 3 N–H and O–H groups in total. The minimum atomic E-state index is -0.663. The van der Waals surface area contributed by atoms with Crippen LogP contribution in [0.25, 0.3) is 0 Å². The second kappa shape index (κ2) is 72.8. The Morgan fingerprint density at radius 2 is 0.578 bits per heavy atom. The fourth-order valence-electron chi connectivity index (χ4n) is 12.2. The van der Waals surface area contributed by atoms with Gasteiger partial charge < -0.3 is 20.3 Å². The van der Waals surface area contributed by atoms with Crippen molar-refractivity contribution < 1.29 is 24.5 Å². The Kier molecular flexibility index (Phi) is 71.4. The van der Waals surface area contributed by atoms with E-state index >= 15 is 0 Å². The molecule has 0 saturated carbocycles. The molecule has 2 unspecified atom stereocenters. The molecule has 6 heteroatoms. The Bertz CT molecular complexity index is 1300. The number of carbonyl (C=O) groups is 2. The molecule has 0 rings (SSSR count). The number of allylic oxidation sites excluding steroid dienone is 4. The van der Waals surface area contributed by atoms with E-state index in [0.29, 0.717) is 25.9 Å². The van der Waals surface area contributed by atoms with E-state index in [1.807, 2.05) is 0 Å². The summed E-state index contributed by atoms with van der Waals surface area (Å²) in [5.41, 5.74) is 0. The zero-order valence-electron chi connectivity index (χ0n) is 56.5. The molecule has 0 radical (unpaired) electrons. The molecular weight excluding hydrogens is 1020 g/mol. The van der Waals surface area contributed by atoms with Gasteiger partial charge in [-0.2, -0.15) is 0 Å². The van der Waals surface area contributed by atoms with Crippen LogP contribution in [0.3, 0.4) is 0 Å². The first kappa shape index (κ1) is 81.3. The third-order valence-corrected chi connectivity index (χ3v) is 18.0. The van der Waals surface area contributed by atoms with E-state index in [-0.39, 0.29) is 18.5 Å². The average Bonchev–Trinajstić information content (AvgIpc) is 3.49. The number of ether oxygens (including phenoxy) is 1. The third-order valence-electron chi connectivity index (χ3n) is 18.0. The van der Waals surface area contributed by atoms with E-state index in [0.717, 1.165) is 44.9 Å². The van der Waals surface area contributed by atoms with Gasteiger partial charge in [-0.05, 0) is 70.6 Å². The lowest BCUT2D eigenvalue weighted by Gasteiger charge is -2.22. The number of carbonyl (C=O) groups excluding carboxylic acids is 2. The van der Waals surface area contributed by atoms with Crippen molar-refractivity contribution in [3.63, 3.8) is 0 Å². The molecule has 0 fully saturated rings. The van der Waals surface area contributed by atoms with Crippen molar-refractivity contribution in [2.24, 2.45) is 0 Å². The van der Waals surface area contributed by atoms with Gasteiger partial charge in [-0.25, -0.2) is 0 Å². The number of esters is 1. The molecule has 2 atom stereocenters. The molecule has 0 aliphatic rings. The summed E-state index contributed by atoms with van der Waals surface area (Å²) in [6, 6.07) is -0.540. The summed E-state index contributed by atoms with van der Waals surface area (Å²) in [6.45, 7) is 4.96. The first-order valence-corrected chi connectivity index (χ1v) is 38.1. The predicted molar refractivity (Wildman–Crippen MR) is 366 cm³/mol. The summed E-state index contributed by atoms with van der Waals surface area (Å²) in [7, 11) is 0. The minimum Gasteiger partial charge on any atom is -0.466 e. The Morgan fingerprint density at radius 1 is 0.325 bits per heavy atom. The van der Waals surface area contributed by atoms with Crippen LogP contribution in [0.2, 0.25) is 0 Å². The standard InChI is InChI=1S/C77H149NO5/c1-3-5-7-9-11-13-15-16-17-18-19-20-34-37-40-43-46-50-53-57-61-65-69-75(80)74(73-79)78-76(81)70-66-62-58-54-51-47-44-41-38-35-32-30-28-26-24-22-21-23-25-27-29-31-33-36-39-42-45-48-52-56-60-64-68-72-83-77(82)71-67-63-59-55-49-14-12-10-8-6-4-2/h10,12,25,27,74-75,79-80H,3-9,11,13-24,26,28-73H2,1-2H3,(H,78,81)/b12-10-,27-25-. The molecule has 0 spiro atoms. The maximum atomic E-state index is 12.6. The monoisotopic (exact) mass is 1170 g/mol. The quantitative estimate of drug-likeness (QED) is 0.0320. The van der Waals surface area contributed by atoms with Crippen LogP contribution in [-0.4, -0.2) is 47.4 Å². The van der Waals surface area contributed by atoms with E-state index in [4.69, 9.17) is 4.74 Å². The van der Waals surface area contributed by atoms with E-state index in [1.165, 1.54) is 353 Å². The molecule has 0 bridgehead atoms. The van der Waals surface area contributed by atoms with Crippen LogP contribution < -0.4 is 5.32 Å². The smallest absolute Gasteiger partial charge is 0.305 e. The lowest BCUT2D eigenvalue weighted by atomic mass is 10.0. The van der Waals surface area contributed by atoms with Gasteiger partial charge in [-0.3, -0.25) is 9.59 Å². The van der Waals surface area contributed by atoms with Crippen LogP contribution in [-0.2, 0) is 14.3 Å². The molecule has 83 heavy (non-hydrogen) atoms. The Labute approximate surface area is 520 Å². The predicted octanol–water partition coefficient (Wildman–Crippen LogP) is 24.9. The summed E-state index contributed by atoms with van der Waals surface area (Å²) in [5, 5.41) is 23.5. The summed E-state index contributed by atoms with van der Waals surface area (Å²) in [5.74, 6) is -0.0184. The number of aliphatic hydroxyl groups excluding tert-OH is 2. The zero-order valence-corrected chi connectivity index (χ0v) is 56.5. The van der Waals surface area contributed by atoms with Gasteiger partial charge in [-0.15, -0.1) is 0 Å². The van der Waals surface area contributed by atoms with Crippen molar-refractivity contribution in [3.8, 4) is 0 Å². The molecule has 492 valence electrons. The fraction of sp³-hybridized carbons (Fsp3) is 0.922. The third kappa shape index (κ3) is 69.3. The van der Waals surface area contributed by atoms with Crippen molar-refractivity contribution in [3.05, 3.63) is 24.3 Å². The minimum absolute atomic E-state index is 0.00827. The maximum Gasteiger partial charge on any atom is 0.305 e. The van der Waals surface area contributed by atoms with Crippen molar-refractivity contribution in [2.45, 2.75) is 443 Å². The molecular formula is C77H149NO5. The van der Waals surface area contributed by atoms with Crippen molar-refractivity contribution in [1.82, 2.24) is 5.32 Å². The molecule has 0 aliphatic heterocycles. The average molecular weight is 1170 g/mol. The van der Waals surface area contributed by atoms with Gasteiger partial charge in [0, 0.05) is 12.8 Å². The normalized spacial score (nSPS) is 12.6. The first-order chi connectivity index (χ1) is 41.0. The van der Waals surface area contributed by atoms with Crippen molar-refractivity contribution in [2.75, 3.05) is 13.2 Å². The van der Waals surface area contributed by atoms with Gasteiger partial charge >= 0.3 is 5.97 Å². The lowest BCUT2D eigenvalue weighted by Crippen LogP contribution is -2.45. The van der Waals surface area contributed by atoms with Crippen LogP contribution >= 0.6 is 0 Å². The summed E-state index contributed by atoms with van der Waals surface area (Å²) in [4.78, 5) is 24.6. The van der Waals surface area contributed by atoms with E-state index < -0.39 is 12.1 Å². The highest BCUT2D eigenvalue weighted by Gasteiger charge is 2.20. The summed E-state index contributed by atoms with van der Waals surface area (Å²) in [6.07, 6.45) is 92.6. The van der Waals surface area contributed by atoms with E-state index in [2.05, 4.69) is 43.5 Å². The molecule has 0 aromatic carbocycles. The van der Waals surface area contributed by atoms with Gasteiger partial charge in [0.15, 0.2) is 0 Å². The van der Waals surface area contributed by atoms with Crippen LogP contribution in [0.1, 0.15) is 431 Å². The molecule has 0 aromatic heterocycles. The zero-order chi connectivity index (χ0) is 59.9. The summed E-state index contributed by atoms with van der Waals surface area (Å²) < 4.78 is 5.47. The highest BCUT2D eigenvalue weighted by Crippen LogP contribution is 2.20. The van der Waals surface area contributed by atoms with Crippen molar-refractivity contribution in [1.29, 1.82) is 0 Å². The number of nitrogens with one attached hydrogen (secondary N) is 1. The SMILES string of the molecule is CCCC/C=C\CCCCCCCC(=O)OCCCCCCCCCCCCCC/C=C\CCCCCCCCCCCCCCCCCCCC(=O)NC(CO)C(O)CCCCCCCCCCCCCCCCCCCCCCCC. The number of hydrogen-bond donors (Lipinski definition) is 3. The Balaban J connectivity index is 3.36. The molecule has 6 nitrogen and oxygen atoms in total. The lowest BCUT2D eigenvalue weighted by molar-refractivity contribution is -0.143. The van der Waals surface area contributed by atoms with Gasteiger partial charge in [0.2, 0.25) is 5.91 Å². The molecule has 0 aromatic rings.